The highest BCUT2D eigenvalue weighted by Crippen LogP contribution is 2.38. The second-order valence-electron chi connectivity index (χ2n) is 12.0. The van der Waals surface area contributed by atoms with Crippen LogP contribution in [0.4, 0.5) is 0 Å². The molecule has 33 heavy (non-hydrogen) atoms. The molecule has 2 fully saturated rings. The average molecular weight is 453 g/mol. The van der Waals surface area contributed by atoms with Gasteiger partial charge in [-0.2, -0.15) is 0 Å². The minimum atomic E-state index is 0.831. The molecule has 0 atom stereocenters. The Morgan fingerprint density at radius 2 is 1.18 bits per heavy atom. The Morgan fingerprint density at radius 1 is 0.606 bits per heavy atom. The van der Waals surface area contributed by atoms with E-state index in [2.05, 4.69) is 39.0 Å². The lowest BCUT2D eigenvalue weighted by Crippen LogP contribution is -2.15. The van der Waals surface area contributed by atoms with Gasteiger partial charge in [-0.25, -0.2) is 0 Å². The van der Waals surface area contributed by atoms with Crippen LogP contribution in [0.3, 0.4) is 0 Å². The normalized spacial score (nSPS) is 25.9. The molecule has 1 aromatic carbocycles. The van der Waals surface area contributed by atoms with Crippen LogP contribution in [0.2, 0.25) is 0 Å². The molecule has 0 bridgehead atoms. The third-order valence-electron chi connectivity index (χ3n) is 9.39. The first kappa shape index (κ1) is 26.8. The number of benzene rings is 1. The van der Waals surface area contributed by atoms with Crippen molar-refractivity contribution in [3.63, 3.8) is 0 Å². The Kier molecular flexibility index (Phi) is 12.4. The zero-order chi connectivity index (χ0) is 23.3. The Morgan fingerprint density at radius 3 is 1.82 bits per heavy atom. The summed E-state index contributed by atoms with van der Waals surface area (Å²) in [5.41, 5.74) is 4.83. The summed E-state index contributed by atoms with van der Waals surface area (Å²) >= 11 is 0. The van der Waals surface area contributed by atoms with E-state index in [1.807, 2.05) is 0 Å². The van der Waals surface area contributed by atoms with Crippen LogP contribution >= 0.6 is 0 Å². The SMILES string of the molecule is CCCCCCCCC[C@H]1CC[C@H](CCc2ccc([C@H]3CC[C@H](CCC)CC3)cc2C)CC1. The zero-order valence-corrected chi connectivity index (χ0v) is 22.7. The molecule has 0 aliphatic heterocycles. The molecule has 0 aromatic heterocycles. The topological polar surface area (TPSA) is 0 Å². The predicted molar refractivity (Wildman–Crippen MR) is 147 cm³/mol. The predicted octanol–water partition coefficient (Wildman–Crippen LogP) is 10.9. The summed E-state index contributed by atoms with van der Waals surface area (Å²) in [6, 6.07) is 7.54. The van der Waals surface area contributed by atoms with E-state index < -0.39 is 0 Å². The Labute approximate surface area is 207 Å². The van der Waals surface area contributed by atoms with Crippen LogP contribution in [0.25, 0.3) is 0 Å². The van der Waals surface area contributed by atoms with Gasteiger partial charge in [0.1, 0.15) is 0 Å². The number of hydrogen-bond donors (Lipinski definition) is 0. The summed E-state index contributed by atoms with van der Waals surface area (Å²) in [5, 5.41) is 0. The van der Waals surface area contributed by atoms with E-state index in [1.165, 1.54) is 128 Å². The van der Waals surface area contributed by atoms with Gasteiger partial charge >= 0.3 is 0 Å². The molecule has 188 valence electrons. The highest BCUT2D eigenvalue weighted by Gasteiger charge is 2.23. The summed E-state index contributed by atoms with van der Waals surface area (Å²) < 4.78 is 0. The molecule has 0 radical (unpaired) electrons. The third-order valence-corrected chi connectivity index (χ3v) is 9.39. The fourth-order valence-corrected chi connectivity index (χ4v) is 7.00. The lowest BCUT2D eigenvalue weighted by Gasteiger charge is -2.29. The lowest BCUT2D eigenvalue weighted by atomic mass is 9.76. The van der Waals surface area contributed by atoms with E-state index in [4.69, 9.17) is 0 Å². The van der Waals surface area contributed by atoms with Gasteiger partial charge in [-0.3, -0.25) is 0 Å². The van der Waals surface area contributed by atoms with Gasteiger partial charge in [0.15, 0.2) is 0 Å². The van der Waals surface area contributed by atoms with Gasteiger partial charge in [0, 0.05) is 0 Å². The smallest absolute Gasteiger partial charge is 0.0162 e. The van der Waals surface area contributed by atoms with Crippen LogP contribution in [0.15, 0.2) is 18.2 Å². The maximum Gasteiger partial charge on any atom is -0.0162 e. The van der Waals surface area contributed by atoms with Crippen LogP contribution < -0.4 is 0 Å². The Bertz CT molecular complexity index is 627. The molecule has 1 aromatic rings. The summed E-state index contributed by atoms with van der Waals surface area (Å²) in [6.07, 6.45) is 29.1. The highest BCUT2D eigenvalue weighted by atomic mass is 14.3. The zero-order valence-electron chi connectivity index (χ0n) is 22.7. The van der Waals surface area contributed by atoms with Gasteiger partial charge in [0.05, 0.1) is 0 Å². The fourth-order valence-electron chi connectivity index (χ4n) is 7.00. The van der Waals surface area contributed by atoms with E-state index in [-0.39, 0.29) is 0 Å². The molecular formula is C33H56. The average Bonchev–Trinajstić information content (AvgIpc) is 2.84. The first-order valence-electron chi connectivity index (χ1n) is 15.3. The number of rotatable bonds is 14. The van der Waals surface area contributed by atoms with Gasteiger partial charge in [-0.1, -0.05) is 122 Å². The van der Waals surface area contributed by atoms with Crippen LogP contribution in [0, 0.1) is 24.7 Å². The number of hydrogen-bond acceptors (Lipinski definition) is 0. The molecule has 2 aliphatic carbocycles. The Hall–Kier alpha value is -0.780. The van der Waals surface area contributed by atoms with Crippen LogP contribution in [0.1, 0.15) is 158 Å². The summed E-state index contributed by atoms with van der Waals surface area (Å²) in [7, 11) is 0. The molecule has 0 amide bonds. The van der Waals surface area contributed by atoms with Crippen molar-refractivity contribution in [3.05, 3.63) is 34.9 Å². The van der Waals surface area contributed by atoms with Gasteiger partial charge < -0.3 is 0 Å². The first-order chi connectivity index (χ1) is 16.2. The number of unbranched alkanes of at least 4 members (excludes halogenated alkanes) is 6. The maximum absolute atomic E-state index is 2.55. The van der Waals surface area contributed by atoms with Crippen molar-refractivity contribution in [2.24, 2.45) is 17.8 Å². The maximum atomic E-state index is 2.55. The molecule has 0 N–H and O–H groups in total. The fraction of sp³-hybridized carbons (Fsp3) is 0.818. The lowest BCUT2D eigenvalue weighted by molar-refractivity contribution is 0.248. The molecule has 2 aliphatic rings. The molecule has 0 heterocycles. The molecule has 2 saturated carbocycles. The molecule has 0 unspecified atom stereocenters. The van der Waals surface area contributed by atoms with Crippen molar-refractivity contribution in [3.8, 4) is 0 Å². The summed E-state index contributed by atoms with van der Waals surface area (Å²) in [4.78, 5) is 0. The van der Waals surface area contributed by atoms with Gasteiger partial charge in [0.2, 0.25) is 0 Å². The van der Waals surface area contributed by atoms with E-state index >= 15 is 0 Å². The van der Waals surface area contributed by atoms with Crippen molar-refractivity contribution >= 4 is 0 Å². The van der Waals surface area contributed by atoms with Crippen molar-refractivity contribution in [1.82, 2.24) is 0 Å². The highest BCUT2D eigenvalue weighted by molar-refractivity contribution is 5.33. The van der Waals surface area contributed by atoms with Crippen molar-refractivity contribution in [2.45, 2.75) is 155 Å². The van der Waals surface area contributed by atoms with Gasteiger partial charge in [0.25, 0.3) is 0 Å². The minimum Gasteiger partial charge on any atom is -0.0654 e. The first-order valence-corrected chi connectivity index (χ1v) is 15.3. The largest absolute Gasteiger partial charge is 0.0654 e. The van der Waals surface area contributed by atoms with Crippen LogP contribution in [-0.4, -0.2) is 0 Å². The van der Waals surface area contributed by atoms with E-state index in [0.29, 0.717) is 0 Å². The molecule has 3 rings (SSSR count). The summed E-state index contributed by atoms with van der Waals surface area (Å²) in [6.45, 7) is 7.03. The molecule has 0 spiro atoms. The van der Waals surface area contributed by atoms with Gasteiger partial charge in [-0.15, -0.1) is 0 Å². The van der Waals surface area contributed by atoms with Crippen molar-refractivity contribution in [2.75, 3.05) is 0 Å². The van der Waals surface area contributed by atoms with Crippen molar-refractivity contribution in [1.29, 1.82) is 0 Å². The third kappa shape index (κ3) is 9.41. The van der Waals surface area contributed by atoms with E-state index in [1.54, 1.807) is 16.7 Å². The monoisotopic (exact) mass is 452 g/mol. The molecule has 0 nitrogen and oxygen atoms in total. The van der Waals surface area contributed by atoms with Crippen LogP contribution in [-0.2, 0) is 6.42 Å². The van der Waals surface area contributed by atoms with Crippen molar-refractivity contribution < 1.29 is 0 Å². The second-order valence-corrected chi connectivity index (χ2v) is 12.0. The van der Waals surface area contributed by atoms with Gasteiger partial charge in [-0.05, 0) is 85.8 Å². The second kappa shape index (κ2) is 15.3. The molecule has 0 saturated heterocycles. The van der Waals surface area contributed by atoms with E-state index in [9.17, 15) is 0 Å². The molecular weight excluding hydrogens is 396 g/mol. The van der Waals surface area contributed by atoms with Crippen LogP contribution in [0.5, 0.6) is 0 Å². The quantitative estimate of drug-likeness (QED) is 0.246. The molecule has 0 heteroatoms. The standard InChI is InChI=1S/C33H56/c1-4-6-7-8-9-10-11-13-29-14-16-30(17-15-29)18-21-31-24-25-33(26-27(31)3)32-22-19-28(12-5-2)20-23-32/h24-26,28-30,32H,4-23H2,1-3H3/t28-,29-,30-,32-. The van der Waals surface area contributed by atoms with E-state index in [0.717, 1.165) is 23.7 Å². The summed E-state index contributed by atoms with van der Waals surface area (Å²) in [5.74, 6) is 3.88. The number of aryl methyl sites for hydroxylation is 2. The minimum absolute atomic E-state index is 0.831. The Balaban J connectivity index is 1.31.